The largest absolute Gasteiger partial charge is 0.339 e. The number of amides is 1. The molecule has 1 aliphatic heterocycles. The Hall–Kier alpha value is -1.85. The first-order valence-corrected chi connectivity index (χ1v) is 8.62. The van der Waals surface area contributed by atoms with Crippen LogP contribution in [-0.2, 0) is 0 Å². The van der Waals surface area contributed by atoms with Gasteiger partial charge in [0.15, 0.2) is 0 Å². The van der Waals surface area contributed by atoms with E-state index in [-0.39, 0.29) is 5.91 Å². The second kappa shape index (κ2) is 7.36. The van der Waals surface area contributed by atoms with Crippen molar-refractivity contribution < 1.29 is 4.79 Å². The maximum absolute atomic E-state index is 12.5. The van der Waals surface area contributed by atoms with Crippen LogP contribution in [0, 0.1) is 5.92 Å². The molecule has 126 valence electrons. The lowest BCUT2D eigenvalue weighted by Crippen LogP contribution is -2.38. The fourth-order valence-electron chi connectivity index (χ4n) is 2.62. The summed E-state index contributed by atoms with van der Waals surface area (Å²) in [6, 6.07) is 5.27. The van der Waals surface area contributed by atoms with Crippen molar-refractivity contribution in [1.29, 1.82) is 0 Å². The number of piperidine rings is 1. The summed E-state index contributed by atoms with van der Waals surface area (Å²) in [7, 11) is 0. The molecule has 1 aromatic heterocycles. The summed E-state index contributed by atoms with van der Waals surface area (Å²) >= 11 is 12.1. The minimum atomic E-state index is -0.0192. The first-order chi connectivity index (χ1) is 11.5. The van der Waals surface area contributed by atoms with Crippen molar-refractivity contribution in [2.45, 2.75) is 19.8 Å². The Balaban J connectivity index is 1.69. The van der Waals surface area contributed by atoms with Gasteiger partial charge in [0.05, 0.1) is 21.3 Å². The number of halogens is 2. The molecule has 7 heteroatoms. The standard InChI is InChI=1S/C17H18Cl2N4O/c1-11-5-7-23(8-6-11)16(24)12-9-20-17(21-10-12)22-14-4-2-3-13(18)15(14)19/h2-4,9-11H,5-8H2,1H3,(H,20,21,22). The van der Waals surface area contributed by atoms with Gasteiger partial charge in [0.25, 0.3) is 5.91 Å². The monoisotopic (exact) mass is 364 g/mol. The number of hydrogen-bond acceptors (Lipinski definition) is 4. The molecule has 0 aliphatic carbocycles. The molecule has 1 aliphatic rings. The van der Waals surface area contributed by atoms with Gasteiger partial charge < -0.3 is 10.2 Å². The first-order valence-electron chi connectivity index (χ1n) is 7.87. The van der Waals surface area contributed by atoms with Gasteiger partial charge in [-0.25, -0.2) is 9.97 Å². The van der Waals surface area contributed by atoms with E-state index < -0.39 is 0 Å². The molecule has 2 aromatic rings. The lowest BCUT2D eigenvalue weighted by molar-refractivity contribution is 0.0696. The highest BCUT2D eigenvalue weighted by molar-refractivity contribution is 6.43. The average molecular weight is 365 g/mol. The van der Waals surface area contributed by atoms with Crippen LogP contribution in [0.25, 0.3) is 0 Å². The van der Waals surface area contributed by atoms with Gasteiger partial charge in [0, 0.05) is 25.5 Å². The molecule has 24 heavy (non-hydrogen) atoms. The number of likely N-dealkylation sites (tertiary alicyclic amines) is 1. The van der Waals surface area contributed by atoms with E-state index in [0.29, 0.717) is 33.2 Å². The van der Waals surface area contributed by atoms with Gasteiger partial charge in [-0.05, 0) is 30.9 Å². The molecular weight excluding hydrogens is 347 g/mol. The van der Waals surface area contributed by atoms with E-state index in [1.165, 1.54) is 12.4 Å². The molecule has 0 bridgehead atoms. The van der Waals surface area contributed by atoms with Gasteiger partial charge in [0.1, 0.15) is 0 Å². The van der Waals surface area contributed by atoms with Crippen molar-refractivity contribution >= 4 is 40.7 Å². The molecule has 1 N–H and O–H groups in total. The summed E-state index contributed by atoms with van der Waals surface area (Å²) in [4.78, 5) is 22.7. The lowest BCUT2D eigenvalue weighted by Gasteiger charge is -2.30. The number of carbonyl (C=O) groups excluding carboxylic acids is 1. The average Bonchev–Trinajstić information content (AvgIpc) is 2.60. The fourth-order valence-corrected chi connectivity index (χ4v) is 2.97. The number of rotatable bonds is 3. The van der Waals surface area contributed by atoms with Crippen LogP contribution in [0.5, 0.6) is 0 Å². The van der Waals surface area contributed by atoms with Gasteiger partial charge in [-0.2, -0.15) is 0 Å². The van der Waals surface area contributed by atoms with E-state index in [4.69, 9.17) is 23.2 Å². The molecule has 1 saturated heterocycles. The molecule has 1 aromatic carbocycles. The zero-order valence-corrected chi connectivity index (χ0v) is 14.8. The van der Waals surface area contributed by atoms with Gasteiger partial charge in [-0.3, -0.25) is 4.79 Å². The molecule has 1 amide bonds. The molecule has 0 saturated carbocycles. The highest BCUT2D eigenvalue weighted by Gasteiger charge is 2.21. The predicted octanol–water partition coefficient (Wildman–Crippen LogP) is 4.40. The number of benzene rings is 1. The van der Waals surface area contributed by atoms with Crippen LogP contribution in [0.2, 0.25) is 10.0 Å². The fraction of sp³-hybridized carbons (Fsp3) is 0.353. The SMILES string of the molecule is CC1CCN(C(=O)c2cnc(Nc3cccc(Cl)c3Cl)nc2)CC1. The van der Waals surface area contributed by atoms with Crippen molar-refractivity contribution in [2.24, 2.45) is 5.92 Å². The number of nitrogens with one attached hydrogen (secondary N) is 1. The molecule has 0 atom stereocenters. The Kier molecular flexibility index (Phi) is 5.21. The smallest absolute Gasteiger partial charge is 0.256 e. The van der Waals surface area contributed by atoms with Gasteiger partial charge in [-0.15, -0.1) is 0 Å². The second-order valence-corrected chi connectivity index (χ2v) is 6.78. The molecule has 3 rings (SSSR count). The number of aromatic nitrogens is 2. The third-order valence-corrected chi connectivity index (χ3v) is 4.99. The van der Waals surface area contributed by atoms with Crippen LogP contribution in [0.3, 0.4) is 0 Å². The summed E-state index contributed by atoms with van der Waals surface area (Å²) in [5, 5.41) is 3.86. The third-order valence-electron chi connectivity index (χ3n) is 4.17. The van der Waals surface area contributed by atoms with Crippen LogP contribution in [-0.4, -0.2) is 33.9 Å². The highest BCUT2D eigenvalue weighted by Crippen LogP contribution is 2.30. The highest BCUT2D eigenvalue weighted by atomic mass is 35.5. The summed E-state index contributed by atoms with van der Waals surface area (Å²) in [6.07, 6.45) is 5.15. The van der Waals surface area contributed by atoms with Crippen molar-refractivity contribution in [3.63, 3.8) is 0 Å². The number of anilines is 2. The van der Waals surface area contributed by atoms with Crippen LogP contribution >= 0.6 is 23.2 Å². The van der Waals surface area contributed by atoms with Crippen LogP contribution in [0.15, 0.2) is 30.6 Å². The van der Waals surface area contributed by atoms with E-state index in [1.54, 1.807) is 18.2 Å². The summed E-state index contributed by atoms with van der Waals surface area (Å²) in [6.45, 7) is 3.79. The quantitative estimate of drug-likeness (QED) is 0.876. The lowest BCUT2D eigenvalue weighted by atomic mass is 9.99. The number of carbonyl (C=O) groups is 1. The van der Waals surface area contributed by atoms with E-state index in [9.17, 15) is 4.79 Å². The Bertz CT molecular complexity index is 728. The van der Waals surface area contributed by atoms with Crippen LogP contribution < -0.4 is 5.32 Å². The molecule has 0 radical (unpaired) electrons. The van der Waals surface area contributed by atoms with Crippen LogP contribution in [0.4, 0.5) is 11.6 Å². The topological polar surface area (TPSA) is 58.1 Å². The molecule has 0 unspecified atom stereocenters. The van der Waals surface area contributed by atoms with E-state index >= 15 is 0 Å². The maximum atomic E-state index is 12.5. The maximum Gasteiger partial charge on any atom is 0.256 e. The Labute approximate surface area is 151 Å². The Morgan fingerprint density at radius 2 is 1.88 bits per heavy atom. The summed E-state index contributed by atoms with van der Waals surface area (Å²) in [5.41, 5.74) is 1.11. The zero-order chi connectivity index (χ0) is 17.1. The minimum absolute atomic E-state index is 0.0192. The van der Waals surface area contributed by atoms with Crippen molar-refractivity contribution in [1.82, 2.24) is 14.9 Å². The van der Waals surface area contributed by atoms with Gasteiger partial charge >= 0.3 is 0 Å². The normalized spacial score (nSPS) is 15.4. The van der Waals surface area contributed by atoms with E-state index in [1.807, 2.05) is 4.90 Å². The van der Waals surface area contributed by atoms with Crippen LogP contribution in [0.1, 0.15) is 30.1 Å². The zero-order valence-electron chi connectivity index (χ0n) is 13.3. The van der Waals surface area contributed by atoms with E-state index in [2.05, 4.69) is 22.2 Å². The molecule has 1 fully saturated rings. The van der Waals surface area contributed by atoms with Crippen molar-refractivity contribution in [3.8, 4) is 0 Å². The predicted molar refractivity (Wildman–Crippen MR) is 96.1 cm³/mol. The first kappa shape index (κ1) is 17.0. The van der Waals surface area contributed by atoms with Crippen molar-refractivity contribution in [2.75, 3.05) is 18.4 Å². The third kappa shape index (κ3) is 3.79. The second-order valence-electron chi connectivity index (χ2n) is 6.00. The van der Waals surface area contributed by atoms with E-state index in [0.717, 1.165) is 25.9 Å². The summed E-state index contributed by atoms with van der Waals surface area (Å²) < 4.78 is 0. The number of nitrogens with zero attached hydrogens (tertiary/aromatic N) is 3. The molecule has 5 nitrogen and oxygen atoms in total. The molecular formula is C17H18Cl2N4O. The minimum Gasteiger partial charge on any atom is -0.339 e. The van der Waals surface area contributed by atoms with Crippen molar-refractivity contribution in [3.05, 3.63) is 46.2 Å². The Morgan fingerprint density at radius 1 is 1.21 bits per heavy atom. The van der Waals surface area contributed by atoms with Gasteiger partial charge in [0.2, 0.25) is 5.95 Å². The van der Waals surface area contributed by atoms with Gasteiger partial charge in [-0.1, -0.05) is 36.2 Å². The Morgan fingerprint density at radius 3 is 2.54 bits per heavy atom. The molecule has 0 spiro atoms. The summed E-state index contributed by atoms with van der Waals surface area (Å²) in [5.74, 6) is 1.02. The molecule has 2 heterocycles. The number of hydrogen-bond donors (Lipinski definition) is 1.